The number of thiazole rings is 1. The van der Waals surface area contributed by atoms with Gasteiger partial charge < -0.3 is 15.6 Å². The predicted molar refractivity (Wildman–Crippen MR) is 98.0 cm³/mol. The van der Waals surface area contributed by atoms with Crippen LogP contribution in [0.4, 0.5) is 17.5 Å². The van der Waals surface area contributed by atoms with Crippen LogP contribution in [0.15, 0.2) is 30.0 Å². The van der Waals surface area contributed by atoms with Gasteiger partial charge in [-0.05, 0) is 39.0 Å². The molecule has 0 amide bonds. The minimum atomic E-state index is -0.122. The number of nitrogens with one attached hydrogen (secondary N) is 3. The smallest absolute Gasteiger partial charge is 0.231 e. The molecule has 0 aliphatic heterocycles. The lowest BCUT2D eigenvalue weighted by Crippen LogP contribution is -2.27. The van der Waals surface area contributed by atoms with Crippen LogP contribution in [0.2, 0.25) is 0 Å². The van der Waals surface area contributed by atoms with Crippen molar-refractivity contribution in [3.8, 4) is 0 Å². The largest absolute Gasteiger partial charge is 0.364 e. The maximum Gasteiger partial charge on any atom is 0.231 e. The summed E-state index contributed by atoms with van der Waals surface area (Å²) in [6, 6.07) is 6.02. The van der Waals surface area contributed by atoms with E-state index in [1.54, 1.807) is 17.7 Å². The van der Waals surface area contributed by atoms with Gasteiger partial charge in [-0.2, -0.15) is 9.97 Å². The standard InChI is InChI=1S/C16H17N7S/c1-16(2,3)23-14-12-13(18-7-17-12)21-15(22-14)20-9-4-5-11-10(6-9)19-8-24-11/h4-8H,1-3H3,(H3,17,18,20,21,22,23). The summed E-state index contributed by atoms with van der Waals surface area (Å²) in [5, 5.41) is 6.63. The number of hydrogen-bond acceptors (Lipinski definition) is 7. The first-order valence-corrected chi connectivity index (χ1v) is 8.45. The zero-order valence-electron chi connectivity index (χ0n) is 13.6. The van der Waals surface area contributed by atoms with Crippen LogP contribution in [0.25, 0.3) is 21.4 Å². The van der Waals surface area contributed by atoms with Gasteiger partial charge in [0.2, 0.25) is 5.95 Å². The van der Waals surface area contributed by atoms with Crippen molar-refractivity contribution in [3.63, 3.8) is 0 Å². The Hall–Kier alpha value is -2.74. The number of aromatic nitrogens is 5. The van der Waals surface area contributed by atoms with E-state index in [-0.39, 0.29) is 5.54 Å². The zero-order chi connectivity index (χ0) is 16.7. The number of fused-ring (bicyclic) bond motifs is 2. The van der Waals surface area contributed by atoms with Gasteiger partial charge in [0.15, 0.2) is 11.5 Å². The van der Waals surface area contributed by atoms with E-state index < -0.39 is 0 Å². The second-order valence-electron chi connectivity index (χ2n) is 6.53. The van der Waals surface area contributed by atoms with Crippen LogP contribution in [0.1, 0.15) is 20.8 Å². The molecule has 3 aromatic heterocycles. The molecule has 4 rings (SSSR count). The van der Waals surface area contributed by atoms with E-state index in [2.05, 4.69) is 56.3 Å². The van der Waals surface area contributed by atoms with Crippen LogP contribution in [-0.2, 0) is 0 Å². The molecule has 8 heteroatoms. The Balaban J connectivity index is 1.73. The van der Waals surface area contributed by atoms with Gasteiger partial charge in [0.1, 0.15) is 5.52 Å². The molecule has 0 atom stereocenters. The fourth-order valence-electron chi connectivity index (χ4n) is 2.40. The summed E-state index contributed by atoms with van der Waals surface area (Å²) < 4.78 is 1.15. The second kappa shape index (κ2) is 5.41. The number of hydrogen-bond donors (Lipinski definition) is 3. The zero-order valence-corrected chi connectivity index (χ0v) is 14.4. The third kappa shape index (κ3) is 2.88. The molecule has 0 spiro atoms. The van der Waals surface area contributed by atoms with Gasteiger partial charge in [-0.3, -0.25) is 0 Å². The van der Waals surface area contributed by atoms with Crippen molar-refractivity contribution < 1.29 is 0 Å². The van der Waals surface area contributed by atoms with Gasteiger partial charge in [-0.1, -0.05) is 0 Å². The first-order chi connectivity index (χ1) is 11.5. The third-order valence-corrected chi connectivity index (χ3v) is 4.18. The van der Waals surface area contributed by atoms with E-state index in [0.717, 1.165) is 27.2 Å². The SMILES string of the molecule is CC(C)(C)Nc1nc(Nc2ccc3scnc3c2)nc2nc[nH]c12. The van der Waals surface area contributed by atoms with Crippen molar-refractivity contribution in [2.75, 3.05) is 10.6 Å². The average Bonchev–Trinajstić information content (AvgIpc) is 3.13. The third-order valence-electron chi connectivity index (χ3n) is 3.37. The van der Waals surface area contributed by atoms with Crippen LogP contribution >= 0.6 is 11.3 Å². The molecule has 0 saturated carbocycles. The maximum atomic E-state index is 4.60. The normalized spacial score (nSPS) is 12.0. The van der Waals surface area contributed by atoms with Crippen molar-refractivity contribution in [1.82, 2.24) is 24.9 Å². The molecule has 0 saturated heterocycles. The van der Waals surface area contributed by atoms with Gasteiger partial charge >= 0.3 is 0 Å². The second-order valence-corrected chi connectivity index (χ2v) is 7.42. The molecular formula is C16H17N7S. The van der Waals surface area contributed by atoms with Crippen LogP contribution in [0, 0.1) is 0 Å². The highest BCUT2D eigenvalue weighted by Gasteiger charge is 2.16. The van der Waals surface area contributed by atoms with Gasteiger partial charge in [0, 0.05) is 11.2 Å². The fraction of sp³-hybridized carbons (Fsp3) is 0.250. The van der Waals surface area contributed by atoms with Crippen LogP contribution in [0.5, 0.6) is 0 Å². The molecule has 0 fully saturated rings. The first kappa shape index (κ1) is 14.8. The highest BCUT2D eigenvalue weighted by molar-refractivity contribution is 7.16. The summed E-state index contributed by atoms with van der Waals surface area (Å²) in [7, 11) is 0. The minimum Gasteiger partial charge on any atom is -0.364 e. The molecule has 4 aromatic rings. The average molecular weight is 339 g/mol. The van der Waals surface area contributed by atoms with Gasteiger partial charge in [0.25, 0.3) is 0 Å². The lowest BCUT2D eigenvalue weighted by Gasteiger charge is -2.21. The highest BCUT2D eigenvalue weighted by Crippen LogP contribution is 2.26. The Kier molecular flexibility index (Phi) is 3.34. The number of nitrogens with zero attached hydrogens (tertiary/aromatic N) is 4. The molecular weight excluding hydrogens is 322 g/mol. The molecule has 1 aromatic carbocycles. The van der Waals surface area contributed by atoms with Gasteiger partial charge in [0.05, 0.1) is 22.1 Å². The molecule has 24 heavy (non-hydrogen) atoms. The first-order valence-electron chi connectivity index (χ1n) is 7.57. The Morgan fingerprint density at radius 1 is 1.12 bits per heavy atom. The predicted octanol–water partition coefficient (Wildman–Crippen LogP) is 3.92. The van der Waals surface area contributed by atoms with E-state index in [4.69, 9.17) is 0 Å². The molecule has 3 N–H and O–H groups in total. The number of anilines is 3. The fourth-order valence-corrected chi connectivity index (χ4v) is 3.06. The van der Waals surface area contributed by atoms with E-state index in [1.165, 1.54) is 0 Å². The molecule has 0 radical (unpaired) electrons. The summed E-state index contributed by atoms with van der Waals surface area (Å²) >= 11 is 1.62. The quantitative estimate of drug-likeness (QED) is 0.524. The van der Waals surface area contributed by atoms with Crippen molar-refractivity contribution in [2.24, 2.45) is 0 Å². The summed E-state index contributed by atoms with van der Waals surface area (Å²) in [6.07, 6.45) is 1.62. The van der Waals surface area contributed by atoms with Crippen LogP contribution in [0.3, 0.4) is 0 Å². The molecule has 0 unspecified atom stereocenters. The molecule has 7 nitrogen and oxygen atoms in total. The van der Waals surface area contributed by atoms with Crippen molar-refractivity contribution in [3.05, 3.63) is 30.0 Å². The lowest BCUT2D eigenvalue weighted by atomic mass is 10.1. The molecule has 0 aliphatic rings. The number of imidazole rings is 1. The highest BCUT2D eigenvalue weighted by atomic mass is 32.1. The topological polar surface area (TPSA) is 91.4 Å². The van der Waals surface area contributed by atoms with Crippen LogP contribution < -0.4 is 10.6 Å². The van der Waals surface area contributed by atoms with E-state index in [1.807, 2.05) is 23.7 Å². The van der Waals surface area contributed by atoms with E-state index in [0.29, 0.717) is 11.6 Å². The van der Waals surface area contributed by atoms with Crippen molar-refractivity contribution in [2.45, 2.75) is 26.3 Å². The minimum absolute atomic E-state index is 0.122. The maximum absolute atomic E-state index is 4.60. The summed E-state index contributed by atoms with van der Waals surface area (Å²) in [5.41, 5.74) is 4.98. The molecule has 0 aliphatic carbocycles. The number of benzene rings is 1. The Labute approximate surface area is 142 Å². The Bertz CT molecular complexity index is 1010. The number of H-pyrrole nitrogens is 1. The van der Waals surface area contributed by atoms with Crippen molar-refractivity contribution in [1.29, 1.82) is 0 Å². The van der Waals surface area contributed by atoms with Gasteiger partial charge in [-0.15, -0.1) is 11.3 Å². The Morgan fingerprint density at radius 2 is 2.00 bits per heavy atom. The number of rotatable bonds is 3. The molecule has 3 heterocycles. The monoisotopic (exact) mass is 339 g/mol. The van der Waals surface area contributed by atoms with E-state index >= 15 is 0 Å². The number of aromatic amines is 1. The summed E-state index contributed by atoms with van der Waals surface area (Å²) in [5.74, 6) is 1.22. The summed E-state index contributed by atoms with van der Waals surface area (Å²) in [4.78, 5) is 20.7. The molecule has 0 bridgehead atoms. The molecule has 122 valence electrons. The lowest BCUT2D eigenvalue weighted by molar-refractivity contribution is 0.631. The Morgan fingerprint density at radius 3 is 2.83 bits per heavy atom. The van der Waals surface area contributed by atoms with Crippen molar-refractivity contribution >= 4 is 50.2 Å². The van der Waals surface area contributed by atoms with Crippen LogP contribution in [-0.4, -0.2) is 30.5 Å². The summed E-state index contributed by atoms with van der Waals surface area (Å²) in [6.45, 7) is 6.25. The van der Waals surface area contributed by atoms with Gasteiger partial charge in [-0.25, -0.2) is 9.97 Å². The van der Waals surface area contributed by atoms with E-state index in [9.17, 15) is 0 Å².